The van der Waals surface area contributed by atoms with Gasteiger partial charge in [0, 0.05) is 11.1 Å². The second-order valence-corrected chi connectivity index (χ2v) is 12.9. The van der Waals surface area contributed by atoms with E-state index in [1.165, 1.54) is 128 Å². The smallest absolute Gasteiger partial charge is 0.168 e. The van der Waals surface area contributed by atoms with Crippen LogP contribution in [0.2, 0.25) is 0 Å². The summed E-state index contributed by atoms with van der Waals surface area (Å²) in [4.78, 5) is 0. The molecule has 0 aromatic heterocycles. The average Bonchev–Trinajstić information content (AvgIpc) is 3.02. The number of rotatable bonds is 20. The fourth-order valence-corrected chi connectivity index (χ4v) is 6.97. The highest BCUT2D eigenvalue weighted by atomic mass is 19.1. The number of benzene rings is 2. The molecule has 232 valence electrons. The van der Waals surface area contributed by atoms with Crippen molar-refractivity contribution in [1.29, 1.82) is 5.26 Å². The molecule has 0 unspecified atom stereocenters. The highest BCUT2D eigenvalue weighted by Crippen LogP contribution is 2.41. The molecule has 1 aliphatic carbocycles. The molecule has 0 spiro atoms. The quantitative estimate of drug-likeness (QED) is 0.147. The van der Waals surface area contributed by atoms with Crippen LogP contribution in [0.4, 0.5) is 4.39 Å². The SMILES string of the molecule is CCCCCCCCCCC1CCC(c2ccc(-c3ccc(CCCCCCCCC)c(F)c3OC)c(C#N)c2)CC1. The van der Waals surface area contributed by atoms with Gasteiger partial charge in [-0.25, -0.2) is 4.39 Å². The Morgan fingerprint density at radius 1 is 0.738 bits per heavy atom. The standard InChI is InChI=1S/C39H58FNO/c1-4-6-8-10-12-14-15-17-19-31-21-23-32(24-22-31)34-26-27-36(35(29-34)30-41)37-28-25-33(38(40)39(37)42-3)20-18-16-13-11-9-7-5-2/h25-29,31-32H,4-24H2,1-3H3. The predicted octanol–water partition coefficient (Wildman–Crippen LogP) is 12.5. The molecule has 1 saturated carbocycles. The number of halogens is 1. The largest absolute Gasteiger partial charge is 0.493 e. The highest BCUT2D eigenvalue weighted by molar-refractivity contribution is 5.77. The zero-order chi connectivity index (χ0) is 30.0. The Balaban J connectivity index is 1.53. The lowest BCUT2D eigenvalue weighted by Gasteiger charge is -2.29. The third-order valence-corrected chi connectivity index (χ3v) is 9.67. The van der Waals surface area contributed by atoms with Crippen molar-refractivity contribution in [1.82, 2.24) is 0 Å². The average molecular weight is 576 g/mol. The van der Waals surface area contributed by atoms with Gasteiger partial charge < -0.3 is 4.74 Å². The topological polar surface area (TPSA) is 33.0 Å². The maximum Gasteiger partial charge on any atom is 0.168 e. The Morgan fingerprint density at radius 3 is 1.90 bits per heavy atom. The van der Waals surface area contributed by atoms with Crippen molar-refractivity contribution in [2.75, 3.05) is 7.11 Å². The van der Waals surface area contributed by atoms with Crippen molar-refractivity contribution in [3.05, 3.63) is 52.8 Å². The van der Waals surface area contributed by atoms with Crippen molar-refractivity contribution in [3.63, 3.8) is 0 Å². The zero-order valence-electron chi connectivity index (χ0n) is 27.1. The zero-order valence-corrected chi connectivity index (χ0v) is 27.1. The van der Waals surface area contributed by atoms with Crippen LogP contribution in [0.1, 0.15) is 165 Å². The number of methoxy groups -OCH3 is 1. The second kappa shape index (κ2) is 19.8. The molecule has 42 heavy (non-hydrogen) atoms. The van der Waals surface area contributed by atoms with Crippen molar-refractivity contribution in [3.8, 4) is 22.9 Å². The van der Waals surface area contributed by atoms with Gasteiger partial charge in [0.15, 0.2) is 11.6 Å². The van der Waals surface area contributed by atoms with Gasteiger partial charge in [0.1, 0.15) is 0 Å². The van der Waals surface area contributed by atoms with Gasteiger partial charge in [-0.05, 0) is 67.6 Å². The summed E-state index contributed by atoms with van der Waals surface area (Å²) >= 11 is 0. The summed E-state index contributed by atoms with van der Waals surface area (Å²) in [5.74, 6) is 1.37. The van der Waals surface area contributed by atoms with E-state index in [1.807, 2.05) is 18.2 Å². The fraction of sp³-hybridized carbons (Fsp3) is 0.667. The van der Waals surface area contributed by atoms with E-state index in [1.54, 1.807) is 0 Å². The van der Waals surface area contributed by atoms with E-state index in [0.717, 1.165) is 30.7 Å². The van der Waals surface area contributed by atoms with E-state index in [4.69, 9.17) is 4.74 Å². The number of hydrogen-bond donors (Lipinski definition) is 0. The molecule has 0 atom stereocenters. The first-order valence-corrected chi connectivity index (χ1v) is 17.5. The van der Waals surface area contributed by atoms with Crippen LogP contribution in [0.15, 0.2) is 30.3 Å². The van der Waals surface area contributed by atoms with Crippen molar-refractivity contribution >= 4 is 0 Å². The Labute approximate surface area is 257 Å². The van der Waals surface area contributed by atoms with Crippen molar-refractivity contribution in [2.24, 2.45) is 5.92 Å². The first kappa shape index (κ1) is 34.2. The minimum atomic E-state index is -0.274. The van der Waals surface area contributed by atoms with Crippen LogP contribution in [0.25, 0.3) is 11.1 Å². The lowest BCUT2D eigenvalue weighted by atomic mass is 9.76. The Bertz CT molecular complexity index is 1080. The lowest BCUT2D eigenvalue weighted by molar-refractivity contribution is 0.301. The van der Waals surface area contributed by atoms with Crippen molar-refractivity contribution in [2.45, 2.75) is 155 Å². The molecule has 0 aliphatic heterocycles. The first-order chi connectivity index (χ1) is 20.6. The van der Waals surface area contributed by atoms with Gasteiger partial charge in [-0.3, -0.25) is 0 Å². The van der Waals surface area contributed by atoms with Crippen LogP contribution >= 0.6 is 0 Å². The normalized spacial score (nSPS) is 16.8. The number of nitriles is 1. The second-order valence-electron chi connectivity index (χ2n) is 12.9. The minimum Gasteiger partial charge on any atom is -0.493 e. The summed E-state index contributed by atoms with van der Waals surface area (Å²) in [5.41, 5.74) is 4.03. The molecule has 0 bridgehead atoms. The molecule has 2 aromatic rings. The number of unbranched alkanes of at least 4 members (excludes halogenated alkanes) is 13. The molecule has 1 fully saturated rings. The molecule has 0 saturated heterocycles. The van der Waals surface area contributed by atoms with Gasteiger partial charge in [-0.15, -0.1) is 0 Å². The molecule has 2 aromatic carbocycles. The Hall–Kier alpha value is -2.34. The van der Waals surface area contributed by atoms with Gasteiger partial charge >= 0.3 is 0 Å². The van der Waals surface area contributed by atoms with Gasteiger partial charge in [0.05, 0.1) is 18.7 Å². The summed E-state index contributed by atoms with van der Waals surface area (Å²) in [7, 11) is 1.53. The van der Waals surface area contributed by atoms with E-state index >= 15 is 4.39 Å². The summed E-state index contributed by atoms with van der Waals surface area (Å²) in [6.45, 7) is 4.51. The van der Waals surface area contributed by atoms with E-state index in [2.05, 4.69) is 32.0 Å². The highest BCUT2D eigenvalue weighted by Gasteiger charge is 2.24. The van der Waals surface area contributed by atoms with E-state index in [-0.39, 0.29) is 11.6 Å². The minimum absolute atomic E-state index is 0.265. The molecule has 0 heterocycles. The number of aryl methyl sites for hydroxylation is 1. The third kappa shape index (κ3) is 10.7. The molecular weight excluding hydrogens is 517 g/mol. The van der Waals surface area contributed by atoms with E-state index in [9.17, 15) is 5.26 Å². The maximum atomic E-state index is 15.5. The molecule has 0 N–H and O–H groups in total. The molecule has 2 nitrogen and oxygen atoms in total. The molecule has 1 aliphatic rings. The number of hydrogen-bond acceptors (Lipinski definition) is 2. The lowest BCUT2D eigenvalue weighted by Crippen LogP contribution is -2.13. The van der Waals surface area contributed by atoms with Crippen molar-refractivity contribution < 1.29 is 9.13 Å². The molecule has 3 heteroatoms. The molecule has 0 radical (unpaired) electrons. The summed E-state index contributed by atoms with van der Waals surface area (Å²) in [5, 5.41) is 10.1. The third-order valence-electron chi connectivity index (χ3n) is 9.67. The number of nitrogens with zero attached hydrogens (tertiary/aromatic N) is 1. The van der Waals surface area contributed by atoms with Crippen LogP contribution in [-0.4, -0.2) is 7.11 Å². The van der Waals surface area contributed by atoms with Gasteiger partial charge in [0.25, 0.3) is 0 Å². The summed E-state index contributed by atoms with van der Waals surface area (Å²) in [6, 6.07) is 12.5. The number of ether oxygens (including phenoxy) is 1. The van der Waals surface area contributed by atoms with Gasteiger partial charge in [-0.2, -0.15) is 5.26 Å². The van der Waals surface area contributed by atoms with Gasteiger partial charge in [0.2, 0.25) is 0 Å². The molecule has 0 amide bonds. The Morgan fingerprint density at radius 2 is 1.31 bits per heavy atom. The first-order valence-electron chi connectivity index (χ1n) is 17.5. The molecular formula is C39H58FNO. The monoisotopic (exact) mass is 575 g/mol. The Kier molecular flexibility index (Phi) is 16.1. The predicted molar refractivity (Wildman–Crippen MR) is 177 cm³/mol. The van der Waals surface area contributed by atoms with Crippen LogP contribution in [0, 0.1) is 23.1 Å². The summed E-state index contributed by atoms with van der Waals surface area (Å²) in [6.07, 6.45) is 26.7. The van der Waals surface area contributed by atoms with E-state index < -0.39 is 0 Å². The molecule has 3 rings (SSSR count). The summed E-state index contributed by atoms with van der Waals surface area (Å²) < 4.78 is 21.1. The van der Waals surface area contributed by atoms with Crippen LogP contribution in [0.5, 0.6) is 5.75 Å². The maximum absolute atomic E-state index is 15.5. The van der Waals surface area contributed by atoms with Gasteiger partial charge in [-0.1, -0.05) is 134 Å². The fourth-order valence-electron chi connectivity index (χ4n) is 6.97. The van der Waals surface area contributed by atoms with Crippen LogP contribution < -0.4 is 4.74 Å². The van der Waals surface area contributed by atoms with E-state index in [0.29, 0.717) is 22.6 Å². The van der Waals surface area contributed by atoms with Crippen LogP contribution in [-0.2, 0) is 6.42 Å². The van der Waals surface area contributed by atoms with Crippen LogP contribution in [0.3, 0.4) is 0 Å².